The van der Waals surface area contributed by atoms with E-state index in [1.165, 1.54) is 23.6 Å². The maximum Gasteiger partial charge on any atom is 0.434 e. The van der Waals surface area contributed by atoms with Crippen LogP contribution < -0.4 is 5.73 Å². The number of nitrogen functional groups attached to an aromatic ring is 1. The quantitative estimate of drug-likeness (QED) is 0.330. The Hall–Kier alpha value is -2.56. The number of carbonyl (C=O) groups is 1. The molecular weight excluding hydrogens is 417 g/mol. The predicted octanol–water partition coefficient (Wildman–Crippen LogP) is 2.56. The van der Waals surface area contributed by atoms with Gasteiger partial charge in [-0.15, -0.1) is 16.4 Å². The number of nitrogens with two attached hydrogens (primary N) is 1. The molecule has 0 atom stereocenters. The molecule has 0 fully saturated rings. The molecule has 0 bridgehead atoms. The molecule has 0 unspecified atom stereocenters. The van der Waals surface area contributed by atoms with Crippen LogP contribution >= 0.6 is 30.7 Å². The van der Waals surface area contributed by atoms with Gasteiger partial charge in [0.05, 0.1) is 11.1 Å². The second kappa shape index (κ2) is 6.25. The highest BCUT2D eigenvalue weighted by atomic mass is 35.5. The highest BCUT2D eigenvalue weighted by molar-refractivity contribution is 7.50. The zero-order chi connectivity index (χ0) is 19.3. The SMILES string of the molecule is Nc1nnc(-c2csc(C(=O)c3cn(P(=O)(O)O)c4ccc(Cl)cc34)n2)o1. The minimum Gasteiger partial charge on any atom is -0.402 e. The Morgan fingerprint density at radius 2 is 2.11 bits per heavy atom. The average Bonchev–Trinajstić information content (AvgIpc) is 3.30. The summed E-state index contributed by atoms with van der Waals surface area (Å²) in [7, 11) is -4.67. The van der Waals surface area contributed by atoms with E-state index in [0.29, 0.717) is 10.4 Å². The van der Waals surface area contributed by atoms with Gasteiger partial charge in [0.1, 0.15) is 5.69 Å². The lowest BCUT2D eigenvalue weighted by Crippen LogP contribution is -2.00. The summed E-state index contributed by atoms with van der Waals surface area (Å²) < 4.78 is 17.6. The summed E-state index contributed by atoms with van der Waals surface area (Å²) in [5.41, 5.74) is 5.88. The molecule has 0 aliphatic rings. The largest absolute Gasteiger partial charge is 0.434 e. The maximum atomic E-state index is 12.9. The Morgan fingerprint density at radius 1 is 1.33 bits per heavy atom. The summed E-state index contributed by atoms with van der Waals surface area (Å²) in [4.78, 5) is 36.2. The second-order valence-electron chi connectivity index (χ2n) is 5.37. The van der Waals surface area contributed by atoms with Crippen LogP contribution in [0.5, 0.6) is 0 Å². The Morgan fingerprint density at radius 3 is 2.78 bits per heavy atom. The molecule has 4 N–H and O–H groups in total. The van der Waals surface area contributed by atoms with Crippen LogP contribution in [-0.4, -0.2) is 35.1 Å². The van der Waals surface area contributed by atoms with Crippen molar-refractivity contribution in [3.05, 3.63) is 45.4 Å². The number of anilines is 1. The number of ketones is 1. The van der Waals surface area contributed by atoms with Crippen LogP contribution in [0.1, 0.15) is 15.4 Å². The smallest absolute Gasteiger partial charge is 0.402 e. The number of fused-ring (bicyclic) bond motifs is 1. The summed E-state index contributed by atoms with van der Waals surface area (Å²) in [5.74, 6) is -0.471. The van der Waals surface area contributed by atoms with Crippen LogP contribution in [0.4, 0.5) is 6.01 Å². The molecule has 1 aromatic carbocycles. The standard InChI is InChI=1S/C14H9ClN5O5PS/c15-6-1-2-10-7(3-6)8(4-20(10)26(22,23)24)11(21)13-17-9(5-27-13)12-18-19-14(16)25-12/h1-5H,(H2,16,19)(H2,22,23,24). The fourth-order valence-electron chi connectivity index (χ4n) is 2.51. The van der Waals surface area contributed by atoms with E-state index >= 15 is 0 Å². The van der Waals surface area contributed by atoms with E-state index < -0.39 is 13.5 Å². The Kier molecular flexibility index (Phi) is 4.13. The first-order valence-corrected chi connectivity index (χ1v) is 10.0. The van der Waals surface area contributed by atoms with Crippen molar-refractivity contribution in [2.24, 2.45) is 0 Å². The summed E-state index contributed by atoms with van der Waals surface area (Å²) in [6, 6.07) is 4.24. The lowest BCUT2D eigenvalue weighted by molar-refractivity contribution is 0.104. The number of carbonyl (C=O) groups excluding carboxylic acids is 1. The first-order valence-electron chi connectivity index (χ1n) is 7.20. The molecule has 27 heavy (non-hydrogen) atoms. The van der Waals surface area contributed by atoms with E-state index in [4.69, 9.17) is 21.8 Å². The highest BCUT2D eigenvalue weighted by Crippen LogP contribution is 2.42. The van der Waals surface area contributed by atoms with E-state index in [0.717, 1.165) is 21.9 Å². The molecule has 0 aliphatic carbocycles. The summed E-state index contributed by atoms with van der Waals surface area (Å²) in [5, 5.41) is 9.45. The molecule has 4 rings (SSSR count). The molecule has 0 amide bonds. The third kappa shape index (κ3) is 3.15. The lowest BCUT2D eigenvalue weighted by Gasteiger charge is -2.06. The van der Waals surface area contributed by atoms with Crippen LogP contribution in [0.3, 0.4) is 0 Å². The number of thiazole rings is 1. The summed E-state index contributed by atoms with van der Waals surface area (Å²) in [6.45, 7) is 0. The molecule has 13 heteroatoms. The number of halogens is 1. The molecule has 0 saturated carbocycles. The van der Waals surface area contributed by atoms with Crippen LogP contribution in [0.25, 0.3) is 22.5 Å². The molecule has 10 nitrogen and oxygen atoms in total. The summed E-state index contributed by atoms with van der Waals surface area (Å²) >= 11 is 7.00. The van der Waals surface area contributed by atoms with Crippen LogP contribution in [0.15, 0.2) is 34.2 Å². The molecule has 4 aromatic rings. The second-order valence-corrected chi connectivity index (χ2v) is 8.13. The number of aromatic nitrogens is 4. The Bertz CT molecular complexity index is 1240. The first kappa shape index (κ1) is 17.8. The van der Waals surface area contributed by atoms with E-state index in [9.17, 15) is 19.1 Å². The molecule has 3 heterocycles. The van der Waals surface area contributed by atoms with Crippen LogP contribution in [0, 0.1) is 0 Å². The number of hydrogen-bond acceptors (Lipinski definition) is 8. The maximum absolute atomic E-state index is 12.9. The highest BCUT2D eigenvalue weighted by Gasteiger charge is 2.26. The molecule has 0 aliphatic heterocycles. The third-order valence-corrected chi connectivity index (χ3v) is 5.60. The minimum atomic E-state index is -4.67. The molecule has 3 aromatic heterocycles. The van der Waals surface area contributed by atoms with Gasteiger partial charge in [-0.1, -0.05) is 16.7 Å². The van der Waals surface area contributed by atoms with Crippen molar-refractivity contribution in [2.75, 3.05) is 5.73 Å². The van der Waals surface area contributed by atoms with Crippen molar-refractivity contribution in [1.82, 2.24) is 19.5 Å². The third-order valence-electron chi connectivity index (χ3n) is 3.63. The van der Waals surface area contributed by atoms with Gasteiger partial charge >= 0.3 is 13.8 Å². The van der Waals surface area contributed by atoms with E-state index in [1.807, 2.05) is 0 Å². The fraction of sp³-hybridized carbons (Fsp3) is 0. The Labute approximate surface area is 159 Å². The zero-order valence-corrected chi connectivity index (χ0v) is 15.6. The van der Waals surface area contributed by atoms with Crippen molar-refractivity contribution in [1.29, 1.82) is 0 Å². The first-order chi connectivity index (χ1) is 12.7. The van der Waals surface area contributed by atoms with Crippen molar-refractivity contribution in [3.8, 4) is 11.6 Å². The number of rotatable bonds is 4. The van der Waals surface area contributed by atoms with Crippen LogP contribution in [0.2, 0.25) is 5.02 Å². The van der Waals surface area contributed by atoms with Gasteiger partial charge in [-0.05, 0) is 18.2 Å². The fourth-order valence-corrected chi connectivity index (χ4v) is 4.15. The van der Waals surface area contributed by atoms with Gasteiger partial charge in [-0.2, -0.15) is 0 Å². The number of benzene rings is 1. The average molecular weight is 426 g/mol. The predicted molar refractivity (Wildman–Crippen MR) is 97.6 cm³/mol. The van der Waals surface area contributed by atoms with Crippen LogP contribution in [-0.2, 0) is 4.57 Å². The van der Waals surface area contributed by atoms with Gasteiger partial charge in [0.25, 0.3) is 5.89 Å². The topological polar surface area (TPSA) is 157 Å². The Balaban J connectivity index is 1.83. The number of nitrogens with zero attached hydrogens (tertiary/aromatic N) is 4. The van der Waals surface area contributed by atoms with Crippen molar-refractivity contribution >= 4 is 53.4 Å². The number of hydrogen-bond donors (Lipinski definition) is 3. The van der Waals surface area contributed by atoms with Gasteiger partial charge < -0.3 is 19.9 Å². The molecular formula is C14H9ClN5O5PS. The van der Waals surface area contributed by atoms with E-state index in [-0.39, 0.29) is 33.7 Å². The van der Waals surface area contributed by atoms with Crippen molar-refractivity contribution < 1.29 is 23.6 Å². The van der Waals surface area contributed by atoms with Gasteiger partial charge in [-0.25, -0.2) is 9.55 Å². The molecule has 0 radical (unpaired) electrons. The molecule has 138 valence electrons. The summed E-state index contributed by atoms with van der Waals surface area (Å²) in [6.07, 6.45) is 1.09. The van der Waals surface area contributed by atoms with E-state index in [1.54, 1.807) is 0 Å². The van der Waals surface area contributed by atoms with Gasteiger partial charge in [0.2, 0.25) is 5.78 Å². The normalized spacial score (nSPS) is 12.0. The van der Waals surface area contributed by atoms with Gasteiger partial charge in [0, 0.05) is 22.0 Å². The van der Waals surface area contributed by atoms with Gasteiger partial charge in [0.15, 0.2) is 5.01 Å². The molecule has 0 saturated heterocycles. The monoisotopic (exact) mass is 425 g/mol. The van der Waals surface area contributed by atoms with E-state index in [2.05, 4.69) is 15.2 Å². The van der Waals surface area contributed by atoms with Crippen molar-refractivity contribution in [3.63, 3.8) is 0 Å². The zero-order valence-electron chi connectivity index (χ0n) is 13.1. The minimum absolute atomic E-state index is 0.0572. The molecule has 0 spiro atoms. The van der Waals surface area contributed by atoms with Crippen molar-refractivity contribution in [2.45, 2.75) is 0 Å². The lowest BCUT2D eigenvalue weighted by atomic mass is 10.1. The van der Waals surface area contributed by atoms with Gasteiger partial charge in [-0.3, -0.25) is 9.13 Å².